The molecule has 3 rings (SSSR count). The lowest BCUT2D eigenvalue weighted by atomic mass is 9.97. The Morgan fingerprint density at radius 1 is 1.15 bits per heavy atom. The SMILES string of the molecule is COc1cc2c(cc1OC)C[NH+]([C@@H](C)C(=O)Nc1cccc(Cl)c1)CC2. The number of rotatable bonds is 5. The van der Waals surface area contributed by atoms with Crippen LogP contribution in [0.4, 0.5) is 5.69 Å². The van der Waals surface area contributed by atoms with Crippen molar-refractivity contribution in [3.8, 4) is 11.5 Å². The lowest BCUT2D eigenvalue weighted by molar-refractivity contribution is -0.929. The van der Waals surface area contributed by atoms with Gasteiger partial charge in [0.15, 0.2) is 17.5 Å². The Hall–Kier alpha value is -2.24. The van der Waals surface area contributed by atoms with Gasteiger partial charge >= 0.3 is 0 Å². The third-order valence-electron chi connectivity index (χ3n) is 4.94. The van der Waals surface area contributed by atoms with Crippen molar-refractivity contribution in [2.45, 2.75) is 25.9 Å². The summed E-state index contributed by atoms with van der Waals surface area (Å²) in [7, 11) is 3.28. The van der Waals surface area contributed by atoms with E-state index >= 15 is 0 Å². The number of hydrogen-bond donors (Lipinski definition) is 2. The minimum atomic E-state index is -0.171. The van der Waals surface area contributed by atoms with Crippen LogP contribution < -0.4 is 19.7 Å². The molecule has 6 heteroatoms. The van der Waals surface area contributed by atoms with E-state index in [2.05, 4.69) is 5.32 Å². The number of hydrogen-bond acceptors (Lipinski definition) is 3. The second-order valence-corrected chi connectivity index (χ2v) is 6.97. The number of fused-ring (bicyclic) bond motifs is 1. The lowest BCUT2D eigenvalue weighted by Gasteiger charge is -2.30. The molecule has 0 saturated carbocycles. The van der Waals surface area contributed by atoms with E-state index in [9.17, 15) is 4.79 Å². The smallest absolute Gasteiger partial charge is 0.282 e. The van der Waals surface area contributed by atoms with E-state index in [1.165, 1.54) is 16.0 Å². The van der Waals surface area contributed by atoms with Gasteiger partial charge in [-0.3, -0.25) is 4.79 Å². The molecule has 1 unspecified atom stereocenters. The van der Waals surface area contributed by atoms with Gasteiger partial charge in [-0.15, -0.1) is 0 Å². The maximum atomic E-state index is 12.6. The van der Waals surface area contributed by atoms with Gasteiger partial charge in [-0.25, -0.2) is 0 Å². The third-order valence-corrected chi connectivity index (χ3v) is 5.17. The van der Waals surface area contributed by atoms with Crippen molar-refractivity contribution in [1.82, 2.24) is 0 Å². The first-order chi connectivity index (χ1) is 12.5. The highest BCUT2D eigenvalue weighted by atomic mass is 35.5. The van der Waals surface area contributed by atoms with E-state index in [1.54, 1.807) is 26.4 Å². The molecule has 2 aromatic carbocycles. The zero-order chi connectivity index (χ0) is 18.7. The molecule has 5 nitrogen and oxygen atoms in total. The molecular weight excluding hydrogens is 352 g/mol. The zero-order valence-electron chi connectivity index (χ0n) is 15.3. The van der Waals surface area contributed by atoms with Crippen molar-refractivity contribution in [3.63, 3.8) is 0 Å². The summed E-state index contributed by atoms with van der Waals surface area (Å²) in [5.41, 5.74) is 3.18. The molecule has 0 aliphatic carbocycles. The monoisotopic (exact) mass is 375 g/mol. The van der Waals surface area contributed by atoms with Crippen molar-refractivity contribution >= 4 is 23.2 Å². The molecule has 2 N–H and O–H groups in total. The fourth-order valence-corrected chi connectivity index (χ4v) is 3.55. The Kier molecular flexibility index (Phi) is 5.69. The molecule has 2 atom stereocenters. The first-order valence-corrected chi connectivity index (χ1v) is 9.04. The first kappa shape index (κ1) is 18.5. The number of anilines is 1. The van der Waals surface area contributed by atoms with Crippen LogP contribution in [0.1, 0.15) is 18.1 Å². The Balaban J connectivity index is 1.72. The second-order valence-electron chi connectivity index (χ2n) is 6.53. The molecule has 0 aromatic heterocycles. The van der Waals surface area contributed by atoms with Crippen LogP contribution in [0, 0.1) is 0 Å². The van der Waals surface area contributed by atoms with Gasteiger partial charge in [0.1, 0.15) is 6.54 Å². The van der Waals surface area contributed by atoms with Gasteiger partial charge in [0.25, 0.3) is 5.91 Å². The van der Waals surface area contributed by atoms with Crippen LogP contribution in [0.2, 0.25) is 5.02 Å². The summed E-state index contributed by atoms with van der Waals surface area (Å²) in [4.78, 5) is 13.9. The molecule has 0 saturated heterocycles. The number of benzene rings is 2. The number of ether oxygens (including phenoxy) is 2. The van der Waals surface area contributed by atoms with Gasteiger partial charge in [0.2, 0.25) is 0 Å². The highest BCUT2D eigenvalue weighted by molar-refractivity contribution is 6.30. The summed E-state index contributed by atoms with van der Waals surface area (Å²) in [5, 5.41) is 3.56. The van der Waals surface area contributed by atoms with E-state index in [1.807, 2.05) is 31.2 Å². The van der Waals surface area contributed by atoms with Gasteiger partial charge < -0.3 is 19.7 Å². The van der Waals surface area contributed by atoms with Crippen LogP contribution >= 0.6 is 11.6 Å². The minimum absolute atomic E-state index is 0.00815. The number of nitrogens with one attached hydrogen (secondary N) is 2. The van der Waals surface area contributed by atoms with E-state index in [-0.39, 0.29) is 11.9 Å². The van der Waals surface area contributed by atoms with Crippen molar-refractivity contribution in [2.75, 3.05) is 26.1 Å². The third kappa shape index (κ3) is 3.94. The molecule has 2 aromatic rings. The molecular formula is C20H24ClN2O3+. The van der Waals surface area contributed by atoms with Crippen molar-refractivity contribution in [3.05, 3.63) is 52.5 Å². The molecule has 1 heterocycles. The van der Waals surface area contributed by atoms with Crippen LogP contribution in [-0.2, 0) is 17.8 Å². The Morgan fingerprint density at radius 3 is 2.50 bits per heavy atom. The molecule has 1 aliphatic heterocycles. The lowest BCUT2D eigenvalue weighted by Crippen LogP contribution is -3.16. The summed E-state index contributed by atoms with van der Waals surface area (Å²) < 4.78 is 10.8. The fraction of sp³-hybridized carbons (Fsp3) is 0.350. The number of amides is 1. The maximum Gasteiger partial charge on any atom is 0.282 e. The number of methoxy groups -OCH3 is 2. The Labute approximate surface area is 158 Å². The summed E-state index contributed by atoms with van der Waals surface area (Å²) in [6, 6.07) is 11.1. The van der Waals surface area contributed by atoms with Crippen LogP contribution in [0.3, 0.4) is 0 Å². The van der Waals surface area contributed by atoms with E-state index in [0.717, 1.165) is 36.7 Å². The average molecular weight is 376 g/mol. The Morgan fingerprint density at radius 2 is 1.85 bits per heavy atom. The van der Waals surface area contributed by atoms with Gasteiger partial charge in [-0.1, -0.05) is 17.7 Å². The van der Waals surface area contributed by atoms with Crippen LogP contribution in [0.5, 0.6) is 11.5 Å². The quantitative estimate of drug-likeness (QED) is 0.843. The molecule has 0 radical (unpaired) electrons. The molecule has 0 bridgehead atoms. The highest BCUT2D eigenvalue weighted by Crippen LogP contribution is 2.31. The summed E-state index contributed by atoms with van der Waals surface area (Å²) in [6.45, 7) is 3.63. The molecule has 0 spiro atoms. The van der Waals surface area contributed by atoms with Gasteiger partial charge in [-0.05, 0) is 42.8 Å². The number of quaternary nitrogens is 1. The van der Waals surface area contributed by atoms with E-state index in [0.29, 0.717) is 5.02 Å². The standard InChI is InChI=1S/C20H23ClN2O3/c1-13(20(24)22-17-6-4-5-16(21)11-17)23-8-7-14-9-18(25-2)19(26-3)10-15(14)12-23/h4-6,9-11,13H,7-8,12H2,1-3H3,(H,22,24)/p+1/t13-/m0/s1. The average Bonchev–Trinajstić information content (AvgIpc) is 2.65. The number of halogens is 1. The molecule has 0 fully saturated rings. The van der Waals surface area contributed by atoms with Crippen LogP contribution in [0.15, 0.2) is 36.4 Å². The van der Waals surface area contributed by atoms with E-state index in [4.69, 9.17) is 21.1 Å². The summed E-state index contributed by atoms with van der Waals surface area (Å²) >= 11 is 5.99. The van der Waals surface area contributed by atoms with Gasteiger partial charge in [0.05, 0.1) is 20.8 Å². The predicted molar refractivity (Wildman–Crippen MR) is 102 cm³/mol. The Bertz CT molecular complexity index is 810. The van der Waals surface area contributed by atoms with Crippen molar-refractivity contribution < 1.29 is 19.2 Å². The van der Waals surface area contributed by atoms with E-state index < -0.39 is 0 Å². The summed E-state index contributed by atoms with van der Waals surface area (Å²) in [6.07, 6.45) is 0.903. The predicted octanol–water partition coefficient (Wildman–Crippen LogP) is 2.33. The maximum absolute atomic E-state index is 12.6. The zero-order valence-corrected chi connectivity index (χ0v) is 16.0. The number of carbonyl (C=O) groups excluding carboxylic acids is 1. The first-order valence-electron chi connectivity index (χ1n) is 8.66. The van der Waals surface area contributed by atoms with Crippen LogP contribution in [0.25, 0.3) is 0 Å². The molecule has 1 amide bonds. The normalized spacial score (nSPS) is 17.2. The fourth-order valence-electron chi connectivity index (χ4n) is 3.36. The van der Waals surface area contributed by atoms with Gasteiger partial charge in [-0.2, -0.15) is 0 Å². The highest BCUT2D eigenvalue weighted by Gasteiger charge is 2.30. The van der Waals surface area contributed by atoms with Crippen molar-refractivity contribution in [2.24, 2.45) is 0 Å². The summed E-state index contributed by atoms with van der Waals surface area (Å²) in [5.74, 6) is 1.47. The minimum Gasteiger partial charge on any atom is -0.493 e. The van der Waals surface area contributed by atoms with Crippen molar-refractivity contribution in [1.29, 1.82) is 0 Å². The van der Waals surface area contributed by atoms with Gasteiger partial charge in [0, 0.05) is 22.7 Å². The molecule has 1 aliphatic rings. The largest absolute Gasteiger partial charge is 0.493 e. The van der Waals surface area contributed by atoms with Crippen LogP contribution in [-0.4, -0.2) is 32.7 Å². The molecule has 138 valence electrons. The second kappa shape index (κ2) is 7.98. The number of carbonyl (C=O) groups is 1. The molecule has 26 heavy (non-hydrogen) atoms. The topological polar surface area (TPSA) is 52.0 Å².